The number of nitrogens with zero attached hydrogens (tertiary/aromatic N) is 4. The van der Waals surface area contributed by atoms with Gasteiger partial charge in [-0.25, -0.2) is 0 Å². The fourth-order valence-corrected chi connectivity index (χ4v) is 1.91. The number of nitrogens with one attached hydrogen (secondary N) is 1. The molecule has 0 bridgehead atoms. The topological polar surface area (TPSA) is 85.8 Å². The third-order valence-electron chi connectivity index (χ3n) is 2.83. The Morgan fingerprint density at radius 2 is 2.25 bits per heavy atom. The number of hydrogen-bond acceptors (Lipinski definition) is 5. The summed E-state index contributed by atoms with van der Waals surface area (Å²) in [6, 6.07) is 0. The smallest absolute Gasteiger partial charge is 0.228 e. The molecule has 1 N–H and O–H groups in total. The molecule has 2 aromatic heterocycles. The van der Waals surface area contributed by atoms with Crippen LogP contribution in [0.2, 0.25) is 0 Å². The Hall–Kier alpha value is -2.18. The number of rotatable bonds is 5. The van der Waals surface area contributed by atoms with Gasteiger partial charge in [0.15, 0.2) is 5.82 Å². The first-order valence-electron chi connectivity index (χ1n) is 6.48. The second kappa shape index (κ2) is 5.44. The maximum atomic E-state index is 11.1. The molecule has 0 aliphatic rings. The third kappa shape index (κ3) is 3.43. The maximum Gasteiger partial charge on any atom is 0.228 e. The number of amides is 1. The number of aromatic nitrogens is 4. The van der Waals surface area contributed by atoms with E-state index in [4.69, 9.17) is 4.52 Å². The molecule has 0 spiro atoms. The van der Waals surface area contributed by atoms with Crippen LogP contribution < -0.4 is 5.32 Å². The lowest BCUT2D eigenvalue weighted by molar-refractivity contribution is -0.120. The van der Waals surface area contributed by atoms with Crippen LogP contribution in [0.5, 0.6) is 0 Å². The first-order chi connectivity index (χ1) is 9.37. The Kier molecular flexibility index (Phi) is 3.87. The van der Waals surface area contributed by atoms with Crippen molar-refractivity contribution in [2.24, 2.45) is 0 Å². The van der Waals surface area contributed by atoms with Crippen molar-refractivity contribution in [3.63, 3.8) is 0 Å². The Bertz CT molecular complexity index is 599. The molecule has 2 rings (SSSR count). The number of hydrogen-bond donors (Lipinski definition) is 1. The van der Waals surface area contributed by atoms with E-state index in [0.29, 0.717) is 24.7 Å². The van der Waals surface area contributed by atoms with Crippen molar-refractivity contribution in [3.05, 3.63) is 29.7 Å². The molecule has 0 fully saturated rings. The van der Waals surface area contributed by atoms with Crippen LogP contribution in [0, 0.1) is 6.92 Å². The molecule has 0 radical (unpaired) electrons. The molecule has 108 valence electrons. The van der Waals surface area contributed by atoms with E-state index in [2.05, 4.69) is 20.6 Å². The van der Waals surface area contributed by atoms with Gasteiger partial charge < -0.3 is 9.84 Å². The molecule has 0 aromatic carbocycles. The van der Waals surface area contributed by atoms with E-state index in [0.717, 1.165) is 5.56 Å². The van der Waals surface area contributed by atoms with Crippen molar-refractivity contribution in [3.8, 4) is 0 Å². The van der Waals surface area contributed by atoms with Gasteiger partial charge in [-0.15, -0.1) is 0 Å². The van der Waals surface area contributed by atoms with Crippen LogP contribution >= 0.6 is 0 Å². The quantitative estimate of drug-likeness (QED) is 0.887. The van der Waals surface area contributed by atoms with Gasteiger partial charge in [0.25, 0.3) is 0 Å². The molecule has 1 amide bonds. The van der Waals surface area contributed by atoms with Gasteiger partial charge in [0.05, 0.1) is 11.7 Å². The van der Waals surface area contributed by atoms with Gasteiger partial charge in [0, 0.05) is 26.1 Å². The molecule has 0 saturated heterocycles. The molecular weight excluding hydrogens is 258 g/mol. The maximum absolute atomic E-state index is 11.1. The molecule has 0 atom stereocenters. The minimum atomic E-state index is -0.643. The average molecular weight is 277 g/mol. The molecule has 7 heteroatoms. The number of carbonyl (C=O) groups excluding carboxylic acids is 1. The molecule has 0 aliphatic heterocycles. The summed E-state index contributed by atoms with van der Waals surface area (Å²) >= 11 is 0. The van der Waals surface area contributed by atoms with Gasteiger partial charge >= 0.3 is 0 Å². The van der Waals surface area contributed by atoms with Gasteiger partial charge in [0.2, 0.25) is 11.8 Å². The number of aryl methyl sites for hydroxylation is 3. The zero-order valence-corrected chi connectivity index (χ0v) is 12.2. The van der Waals surface area contributed by atoms with Gasteiger partial charge in [-0.1, -0.05) is 5.16 Å². The van der Waals surface area contributed by atoms with Crippen molar-refractivity contribution in [1.29, 1.82) is 0 Å². The summed E-state index contributed by atoms with van der Waals surface area (Å²) < 4.78 is 7.04. The van der Waals surface area contributed by atoms with E-state index in [1.54, 1.807) is 6.20 Å². The lowest BCUT2D eigenvalue weighted by Gasteiger charge is -2.20. The molecule has 20 heavy (non-hydrogen) atoms. The second-order valence-corrected chi connectivity index (χ2v) is 5.35. The zero-order chi connectivity index (χ0) is 14.8. The predicted molar refractivity (Wildman–Crippen MR) is 71.8 cm³/mol. The Morgan fingerprint density at radius 3 is 2.85 bits per heavy atom. The van der Waals surface area contributed by atoms with Crippen molar-refractivity contribution >= 4 is 5.91 Å². The summed E-state index contributed by atoms with van der Waals surface area (Å²) in [7, 11) is 0. The summed E-state index contributed by atoms with van der Waals surface area (Å²) in [4.78, 5) is 15.5. The molecule has 0 saturated carbocycles. The van der Waals surface area contributed by atoms with E-state index in [1.807, 2.05) is 31.6 Å². The SMILES string of the molecule is CC(=O)NC(C)(C)c1noc(CCn2cc(C)cn2)n1. The van der Waals surface area contributed by atoms with Crippen LogP contribution in [0.4, 0.5) is 0 Å². The Labute approximate surface area is 117 Å². The van der Waals surface area contributed by atoms with Crippen molar-refractivity contribution in [2.45, 2.75) is 46.2 Å². The lowest BCUT2D eigenvalue weighted by Crippen LogP contribution is -2.40. The molecule has 2 heterocycles. The van der Waals surface area contributed by atoms with Crippen LogP contribution in [-0.2, 0) is 23.3 Å². The average Bonchev–Trinajstić information content (AvgIpc) is 2.93. The van der Waals surface area contributed by atoms with E-state index in [1.165, 1.54) is 6.92 Å². The lowest BCUT2D eigenvalue weighted by atomic mass is 10.1. The van der Waals surface area contributed by atoms with Gasteiger partial charge in [0.1, 0.15) is 0 Å². The zero-order valence-electron chi connectivity index (χ0n) is 12.2. The standard InChI is InChI=1S/C13H19N5O2/c1-9-7-14-18(8-9)6-5-11-15-12(17-20-11)13(3,4)16-10(2)19/h7-8H,5-6H2,1-4H3,(H,16,19). The van der Waals surface area contributed by atoms with Gasteiger partial charge in [-0.3, -0.25) is 9.48 Å². The predicted octanol–water partition coefficient (Wildman–Crippen LogP) is 1.19. The van der Waals surface area contributed by atoms with Crippen LogP contribution in [0.1, 0.15) is 38.0 Å². The highest BCUT2D eigenvalue weighted by molar-refractivity contribution is 5.73. The summed E-state index contributed by atoms with van der Waals surface area (Å²) in [6.07, 6.45) is 4.36. The summed E-state index contributed by atoms with van der Waals surface area (Å²) in [5, 5.41) is 10.9. The highest BCUT2D eigenvalue weighted by Crippen LogP contribution is 2.16. The van der Waals surface area contributed by atoms with Crippen LogP contribution in [-0.4, -0.2) is 25.8 Å². The highest BCUT2D eigenvalue weighted by Gasteiger charge is 2.27. The van der Waals surface area contributed by atoms with Crippen LogP contribution in [0.25, 0.3) is 0 Å². The van der Waals surface area contributed by atoms with Gasteiger partial charge in [-0.05, 0) is 26.3 Å². The molecular formula is C13H19N5O2. The second-order valence-electron chi connectivity index (χ2n) is 5.35. The molecule has 0 aliphatic carbocycles. The monoisotopic (exact) mass is 277 g/mol. The first-order valence-corrected chi connectivity index (χ1v) is 6.48. The molecule has 0 unspecified atom stereocenters. The van der Waals surface area contributed by atoms with E-state index in [9.17, 15) is 4.79 Å². The van der Waals surface area contributed by atoms with Crippen molar-refractivity contribution in [2.75, 3.05) is 0 Å². The van der Waals surface area contributed by atoms with Gasteiger partial charge in [-0.2, -0.15) is 10.1 Å². The Morgan fingerprint density at radius 1 is 1.50 bits per heavy atom. The van der Waals surface area contributed by atoms with Crippen LogP contribution in [0.15, 0.2) is 16.9 Å². The van der Waals surface area contributed by atoms with Crippen molar-refractivity contribution < 1.29 is 9.32 Å². The van der Waals surface area contributed by atoms with E-state index in [-0.39, 0.29) is 5.91 Å². The largest absolute Gasteiger partial charge is 0.344 e. The van der Waals surface area contributed by atoms with Crippen molar-refractivity contribution in [1.82, 2.24) is 25.2 Å². The fourth-order valence-electron chi connectivity index (χ4n) is 1.91. The summed E-state index contributed by atoms with van der Waals surface area (Å²) in [5.74, 6) is 0.874. The van der Waals surface area contributed by atoms with Crippen LogP contribution in [0.3, 0.4) is 0 Å². The normalized spacial score (nSPS) is 11.6. The fraction of sp³-hybridized carbons (Fsp3) is 0.538. The summed E-state index contributed by atoms with van der Waals surface area (Å²) in [5.41, 5.74) is 0.471. The first kappa shape index (κ1) is 14.2. The molecule has 7 nitrogen and oxygen atoms in total. The van der Waals surface area contributed by atoms with E-state index < -0.39 is 5.54 Å². The summed E-state index contributed by atoms with van der Waals surface area (Å²) in [6.45, 7) is 7.79. The van der Waals surface area contributed by atoms with E-state index >= 15 is 0 Å². The third-order valence-corrected chi connectivity index (χ3v) is 2.83. The highest BCUT2D eigenvalue weighted by atomic mass is 16.5. The Balaban J connectivity index is 2.00. The minimum absolute atomic E-state index is 0.131. The number of carbonyl (C=O) groups is 1. The molecule has 2 aromatic rings. The minimum Gasteiger partial charge on any atom is -0.344 e.